The monoisotopic (exact) mass is 385 g/mol. The highest BCUT2D eigenvalue weighted by molar-refractivity contribution is 5.67. The lowest BCUT2D eigenvalue weighted by Gasteiger charge is -2.09. The molecule has 4 aromatic rings. The van der Waals surface area contributed by atoms with Crippen LogP contribution in [0.15, 0.2) is 65.7 Å². The summed E-state index contributed by atoms with van der Waals surface area (Å²) in [5, 5.41) is 7.94. The van der Waals surface area contributed by atoms with E-state index in [1.54, 1.807) is 0 Å². The number of hydrogen-bond donors (Lipinski definition) is 0. The van der Waals surface area contributed by atoms with E-state index in [2.05, 4.69) is 15.3 Å². The van der Waals surface area contributed by atoms with Gasteiger partial charge in [0.25, 0.3) is 5.56 Å². The molecule has 0 radical (unpaired) electrons. The molecule has 2 aromatic heterocycles. The van der Waals surface area contributed by atoms with Gasteiger partial charge in [0.2, 0.25) is 0 Å². The van der Waals surface area contributed by atoms with Crippen molar-refractivity contribution in [1.82, 2.24) is 24.5 Å². The van der Waals surface area contributed by atoms with Gasteiger partial charge >= 0.3 is 6.18 Å². The summed E-state index contributed by atoms with van der Waals surface area (Å²) >= 11 is 0. The predicted molar refractivity (Wildman–Crippen MR) is 95.7 cm³/mol. The van der Waals surface area contributed by atoms with Gasteiger partial charge in [-0.3, -0.25) is 9.36 Å². The first kappa shape index (κ1) is 17.9. The minimum absolute atomic E-state index is 0.0887. The third-order valence-electron chi connectivity index (χ3n) is 4.30. The van der Waals surface area contributed by atoms with Crippen molar-refractivity contribution in [2.24, 2.45) is 0 Å². The number of aromatic nitrogens is 5. The molecule has 0 aliphatic rings. The summed E-state index contributed by atoms with van der Waals surface area (Å²) in [6.45, 7) is 0.512. The molecule has 28 heavy (non-hydrogen) atoms. The van der Waals surface area contributed by atoms with Crippen LogP contribution in [0.2, 0.25) is 0 Å². The van der Waals surface area contributed by atoms with Gasteiger partial charge in [-0.2, -0.15) is 13.2 Å². The van der Waals surface area contributed by atoms with Crippen molar-refractivity contribution < 1.29 is 13.2 Å². The maximum absolute atomic E-state index is 12.7. The zero-order valence-electron chi connectivity index (χ0n) is 14.5. The van der Waals surface area contributed by atoms with E-state index in [0.717, 1.165) is 17.7 Å². The van der Waals surface area contributed by atoms with Crippen LogP contribution in [0.4, 0.5) is 13.2 Å². The van der Waals surface area contributed by atoms with Gasteiger partial charge in [0.15, 0.2) is 11.2 Å². The maximum Gasteiger partial charge on any atom is 0.416 e. The Kier molecular flexibility index (Phi) is 4.42. The number of benzene rings is 2. The van der Waals surface area contributed by atoms with Gasteiger partial charge in [-0.15, -0.1) is 5.10 Å². The highest BCUT2D eigenvalue weighted by atomic mass is 19.4. The Balaban J connectivity index is 1.61. The van der Waals surface area contributed by atoms with Crippen LogP contribution in [0.25, 0.3) is 11.2 Å². The normalized spacial score (nSPS) is 11.8. The lowest BCUT2D eigenvalue weighted by molar-refractivity contribution is -0.137. The molecule has 0 saturated carbocycles. The Morgan fingerprint density at radius 3 is 2.25 bits per heavy atom. The first-order valence-corrected chi connectivity index (χ1v) is 8.40. The number of rotatable bonds is 4. The van der Waals surface area contributed by atoms with Gasteiger partial charge in [-0.25, -0.2) is 9.67 Å². The smallest absolute Gasteiger partial charge is 0.293 e. The van der Waals surface area contributed by atoms with E-state index >= 15 is 0 Å². The van der Waals surface area contributed by atoms with Gasteiger partial charge in [-0.1, -0.05) is 47.7 Å². The summed E-state index contributed by atoms with van der Waals surface area (Å²) in [5.74, 6) is 0. The molecule has 0 fully saturated rings. The summed E-state index contributed by atoms with van der Waals surface area (Å²) in [7, 11) is 0. The molecule has 0 amide bonds. The topological polar surface area (TPSA) is 65.6 Å². The third kappa shape index (κ3) is 3.51. The fourth-order valence-corrected chi connectivity index (χ4v) is 2.86. The Morgan fingerprint density at radius 1 is 0.893 bits per heavy atom. The quantitative estimate of drug-likeness (QED) is 0.542. The van der Waals surface area contributed by atoms with Crippen molar-refractivity contribution in [1.29, 1.82) is 0 Å². The lowest BCUT2D eigenvalue weighted by atomic mass is 10.1. The minimum atomic E-state index is -4.40. The van der Waals surface area contributed by atoms with E-state index in [0.29, 0.717) is 17.8 Å². The molecular formula is C19H14F3N5O. The highest BCUT2D eigenvalue weighted by Crippen LogP contribution is 2.29. The van der Waals surface area contributed by atoms with Crippen LogP contribution in [0.3, 0.4) is 0 Å². The van der Waals surface area contributed by atoms with Crippen molar-refractivity contribution in [2.45, 2.75) is 19.3 Å². The molecule has 9 heteroatoms. The van der Waals surface area contributed by atoms with Crippen molar-refractivity contribution in [3.63, 3.8) is 0 Å². The van der Waals surface area contributed by atoms with Crippen molar-refractivity contribution in [3.8, 4) is 0 Å². The second-order valence-electron chi connectivity index (χ2n) is 6.28. The fourth-order valence-electron chi connectivity index (χ4n) is 2.86. The second-order valence-corrected chi connectivity index (χ2v) is 6.28. The molecular weight excluding hydrogens is 371 g/mol. The molecule has 0 saturated heterocycles. The Hall–Kier alpha value is -3.49. The van der Waals surface area contributed by atoms with E-state index in [1.807, 2.05) is 30.3 Å². The first-order valence-electron chi connectivity index (χ1n) is 8.40. The SMILES string of the molecule is O=c1c2nnn(Cc3ccccc3)c2ncn1Cc1ccc(C(F)(F)F)cc1. The van der Waals surface area contributed by atoms with Gasteiger partial charge in [0.05, 0.1) is 18.7 Å². The van der Waals surface area contributed by atoms with Gasteiger partial charge in [-0.05, 0) is 23.3 Å². The highest BCUT2D eigenvalue weighted by Gasteiger charge is 2.29. The van der Waals surface area contributed by atoms with Crippen LogP contribution in [-0.4, -0.2) is 24.5 Å². The van der Waals surface area contributed by atoms with E-state index < -0.39 is 17.3 Å². The van der Waals surface area contributed by atoms with Gasteiger partial charge in [0, 0.05) is 0 Å². The third-order valence-corrected chi connectivity index (χ3v) is 4.30. The summed E-state index contributed by atoms with van der Waals surface area (Å²) in [6.07, 6.45) is -3.04. The molecule has 4 rings (SSSR count). The molecule has 0 spiro atoms. The maximum atomic E-state index is 12.7. The number of halogens is 3. The Bertz CT molecular complexity index is 1160. The summed E-state index contributed by atoms with van der Waals surface area (Å²) in [6, 6.07) is 14.2. The van der Waals surface area contributed by atoms with Crippen LogP contribution >= 0.6 is 0 Å². The van der Waals surface area contributed by atoms with E-state index in [9.17, 15) is 18.0 Å². The molecule has 142 valence electrons. The van der Waals surface area contributed by atoms with Gasteiger partial charge in [0.1, 0.15) is 6.33 Å². The number of fused-ring (bicyclic) bond motifs is 1. The zero-order valence-corrected chi connectivity index (χ0v) is 14.5. The van der Waals surface area contributed by atoms with Crippen LogP contribution < -0.4 is 5.56 Å². The molecule has 2 heterocycles. The van der Waals surface area contributed by atoms with Crippen LogP contribution in [0.1, 0.15) is 16.7 Å². The second kappa shape index (κ2) is 6.91. The number of nitrogens with zero attached hydrogens (tertiary/aromatic N) is 5. The fraction of sp³-hybridized carbons (Fsp3) is 0.158. The van der Waals surface area contributed by atoms with Crippen LogP contribution in [0, 0.1) is 0 Å². The molecule has 0 atom stereocenters. The molecule has 6 nitrogen and oxygen atoms in total. The predicted octanol–water partition coefficient (Wildman–Crippen LogP) is 3.10. The molecule has 0 N–H and O–H groups in total. The summed E-state index contributed by atoms with van der Waals surface area (Å²) < 4.78 is 40.8. The van der Waals surface area contributed by atoms with Gasteiger partial charge < -0.3 is 0 Å². The largest absolute Gasteiger partial charge is 0.416 e. The lowest BCUT2D eigenvalue weighted by Crippen LogP contribution is -2.21. The Morgan fingerprint density at radius 2 is 1.57 bits per heavy atom. The minimum Gasteiger partial charge on any atom is -0.293 e. The molecule has 2 aromatic carbocycles. The van der Waals surface area contributed by atoms with Crippen LogP contribution in [-0.2, 0) is 19.3 Å². The van der Waals surface area contributed by atoms with Crippen molar-refractivity contribution in [2.75, 3.05) is 0 Å². The number of hydrogen-bond acceptors (Lipinski definition) is 4. The van der Waals surface area contributed by atoms with Crippen LogP contribution in [0.5, 0.6) is 0 Å². The van der Waals surface area contributed by atoms with E-state index in [4.69, 9.17) is 0 Å². The number of alkyl halides is 3. The average molecular weight is 385 g/mol. The van der Waals surface area contributed by atoms with Crippen molar-refractivity contribution in [3.05, 3.63) is 88.0 Å². The molecule has 0 unspecified atom stereocenters. The average Bonchev–Trinajstić information content (AvgIpc) is 3.08. The first-order chi connectivity index (χ1) is 13.4. The van der Waals surface area contributed by atoms with Crippen molar-refractivity contribution >= 4 is 11.2 Å². The molecule has 0 aliphatic carbocycles. The van der Waals surface area contributed by atoms with E-state index in [1.165, 1.54) is 27.7 Å². The zero-order chi connectivity index (χ0) is 19.7. The summed E-state index contributed by atoms with van der Waals surface area (Å²) in [4.78, 5) is 16.9. The molecule has 0 bridgehead atoms. The Labute approximate surface area is 156 Å². The van der Waals surface area contributed by atoms with E-state index in [-0.39, 0.29) is 12.1 Å². The molecule has 0 aliphatic heterocycles. The summed E-state index contributed by atoms with van der Waals surface area (Å²) in [5.41, 5.74) is 0.881. The standard InChI is InChI=1S/C19H14F3N5O/c20-19(21,22)15-8-6-14(7-9-15)10-26-12-23-17-16(18(26)28)24-25-27(17)11-13-4-2-1-3-5-13/h1-9,12H,10-11H2.